The SMILES string of the molecule is CC(=O)Nc1cccc(SCC(=O)Nc2sc3c(c2C#N)CCN(C(C)=O)C3)c1. The molecule has 0 atom stereocenters. The van der Waals surface area contributed by atoms with Gasteiger partial charge in [0.25, 0.3) is 0 Å². The van der Waals surface area contributed by atoms with Crippen LogP contribution in [-0.4, -0.2) is 34.9 Å². The topological polar surface area (TPSA) is 102 Å². The van der Waals surface area contributed by atoms with Crippen LogP contribution in [0.3, 0.4) is 0 Å². The minimum Gasteiger partial charge on any atom is -0.337 e. The van der Waals surface area contributed by atoms with Gasteiger partial charge >= 0.3 is 0 Å². The first-order valence-corrected chi connectivity index (χ1v) is 10.8. The lowest BCUT2D eigenvalue weighted by Crippen LogP contribution is -2.33. The fraction of sp³-hybridized carbons (Fsp3) is 0.300. The van der Waals surface area contributed by atoms with Crippen molar-refractivity contribution in [3.63, 3.8) is 0 Å². The Kier molecular flexibility index (Phi) is 6.56. The molecule has 1 aliphatic heterocycles. The first-order chi connectivity index (χ1) is 13.9. The smallest absolute Gasteiger partial charge is 0.235 e. The molecule has 2 N–H and O–H groups in total. The van der Waals surface area contributed by atoms with Crippen molar-refractivity contribution in [3.05, 3.63) is 40.3 Å². The fourth-order valence-corrected chi connectivity index (χ4v) is 5.04. The van der Waals surface area contributed by atoms with Crippen molar-refractivity contribution >= 4 is 51.5 Å². The van der Waals surface area contributed by atoms with Gasteiger partial charge in [0.1, 0.15) is 11.1 Å². The third-order valence-corrected chi connectivity index (χ3v) is 6.52. The van der Waals surface area contributed by atoms with E-state index < -0.39 is 0 Å². The number of anilines is 2. The quantitative estimate of drug-likeness (QED) is 0.712. The second kappa shape index (κ2) is 9.11. The zero-order valence-electron chi connectivity index (χ0n) is 16.1. The average Bonchev–Trinajstić information content (AvgIpc) is 3.02. The number of carbonyl (C=O) groups excluding carboxylic acids is 3. The summed E-state index contributed by atoms with van der Waals surface area (Å²) in [7, 11) is 0. The van der Waals surface area contributed by atoms with E-state index in [1.165, 1.54) is 36.9 Å². The van der Waals surface area contributed by atoms with E-state index >= 15 is 0 Å². The number of nitrogens with one attached hydrogen (secondary N) is 2. The van der Waals surface area contributed by atoms with Gasteiger partial charge in [0.05, 0.1) is 17.9 Å². The number of benzene rings is 1. The fourth-order valence-electron chi connectivity index (χ4n) is 3.06. The highest BCUT2D eigenvalue weighted by molar-refractivity contribution is 8.00. The molecule has 0 bridgehead atoms. The van der Waals surface area contributed by atoms with Gasteiger partial charge in [-0.1, -0.05) is 6.07 Å². The molecule has 7 nitrogen and oxygen atoms in total. The van der Waals surface area contributed by atoms with Crippen molar-refractivity contribution in [2.45, 2.75) is 31.7 Å². The molecule has 9 heteroatoms. The predicted octanol–water partition coefficient (Wildman–Crippen LogP) is 3.21. The third-order valence-electron chi connectivity index (χ3n) is 4.39. The Labute approximate surface area is 177 Å². The number of hydrogen-bond acceptors (Lipinski definition) is 6. The van der Waals surface area contributed by atoms with Gasteiger partial charge in [0.15, 0.2) is 0 Å². The second-order valence-electron chi connectivity index (χ2n) is 6.56. The molecule has 2 aromatic rings. The number of hydrogen-bond donors (Lipinski definition) is 2. The van der Waals surface area contributed by atoms with Crippen molar-refractivity contribution < 1.29 is 14.4 Å². The van der Waals surface area contributed by atoms with Crippen LogP contribution in [0, 0.1) is 11.3 Å². The van der Waals surface area contributed by atoms with Crippen LogP contribution in [0.25, 0.3) is 0 Å². The van der Waals surface area contributed by atoms with Gasteiger partial charge in [-0.25, -0.2) is 0 Å². The van der Waals surface area contributed by atoms with E-state index in [1.807, 2.05) is 12.1 Å². The second-order valence-corrected chi connectivity index (χ2v) is 8.71. The maximum atomic E-state index is 12.4. The van der Waals surface area contributed by atoms with Crippen LogP contribution in [0.1, 0.15) is 29.9 Å². The number of thioether (sulfide) groups is 1. The lowest BCUT2D eigenvalue weighted by molar-refractivity contribution is -0.129. The molecule has 1 aromatic carbocycles. The number of nitrogens with zero attached hydrogens (tertiary/aromatic N) is 2. The van der Waals surface area contributed by atoms with Gasteiger partial charge in [0, 0.05) is 35.9 Å². The Balaban J connectivity index is 1.65. The van der Waals surface area contributed by atoms with Crippen LogP contribution in [0.4, 0.5) is 10.7 Å². The van der Waals surface area contributed by atoms with Crippen molar-refractivity contribution in [1.29, 1.82) is 5.26 Å². The first-order valence-electron chi connectivity index (χ1n) is 8.98. The van der Waals surface area contributed by atoms with E-state index in [-0.39, 0.29) is 23.5 Å². The molecule has 150 valence electrons. The molecule has 1 aliphatic rings. The molecule has 1 aromatic heterocycles. The van der Waals surface area contributed by atoms with E-state index in [0.29, 0.717) is 35.8 Å². The summed E-state index contributed by atoms with van der Waals surface area (Å²) in [4.78, 5) is 38.8. The van der Waals surface area contributed by atoms with E-state index in [1.54, 1.807) is 17.0 Å². The molecule has 0 fully saturated rings. The summed E-state index contributed by atoms with van der Waals surface area (Å²) in [6.07, 6.45) is 0.620. The summed E-state index contributed by atoms with van der Waals surface area (Å²) in [6.45, 7) is 4.03. The van der Waals surface area contributed by atoms with Crippen LogP contribution in [-0.2, 0) is 27.3 Å². The lowest BCUT2D eigenvalue weighted by atomic mass is 10.0. The predicted molar refractivity (Wildman–Crippen MR) is 114 cm³/mol. The summed E-state index contributed by atoms with van der Waals surface area (Å²) in [5.41, 5.74) is 2.11. The highest BCUT2D eigenvalue weighted by atomic mass is 32.2. The summed E-state index contributed by atoms with van der Waals surface area (Å²) < 4.78 is 0. The Morgan fingerprint density at radius 3 is 2.76 bits per heavy atom. The molecule has 0 radical (unpaired) electrons. The van der Waals surface area contributed by atoms with E-state index in [2.05, 4.69) is 16.7 Å². The van der Waals surface area contributed by atoms with Crippen molar-refractivity contribution in [3.8, 4) is 6.07 Å². The molecule has 0 aliphatic carbocycles. The molecular formula is C20H20N4O3S2. The highest BCUT2D eigenvalue weighted by Crippen LogP contribution is 2.36. The molecule has 0 spiro atoms. The maximum absolute atomic E-state index is 12.4. The Bertz CT molecular complexity index is 1010. The van der Waals surface area contributed by atoms with Gasteiger partial charge in [-0.2, -0.15) is 5.26 Å². The average molecular weight is 429 g/mol. The highest BCUT2D eigenvalue weighted by Gasteiger charge is 2.26. The summed E-state index contributed by atoms with van der Waals surface area (Å²) >= 11 is 2.71. The standard InChI is InChI=1S/C20H20N4O3S2/c1-12(25)22-14-4-3-5-15(8-14)28-11-19(27)23-20-17(9-21)16-6-7-24(13(2)26)10-18(16)29-20/h3-5,8H,6-7,10-11H2,1-2H3,(H,22,25)(H,23,27). The van der Waals surface area contributed by atoms with Crippen molar-refractivity contribution in [2.75, 3.05) is 22.9 Å². The van der Waals surface area contributed by atoms with Gasteiger partial charge < -0.3 is 15.5 Å². The van der Waals surface area contributed by atoms with Gasteiger partial charge in [-0.3, -0.25) is 14.4 Å². The largest absolute Gasteiger partial charge is 0.337 e. The number of rotatable bonds is 5. The maximum Gasteiger partial charge on any atom is 0.235 e. The van der Waals surface area contributed by atoms with Crippen LogP contribution in [0.2, 0.25) is 0 Å². The number of nitriles is 1. The summed E-state index contributed by atoms with van der Waals surface area (Å²) in [5, 5.41) is 15.6. The molecule has 0 unspecified atom stereocenters. The zero-order valence-corrected chi connectivity index (χ0v) is 17.7. The number of amides is 3. The number of carbonyl (C=O) groups is 3. The molecule has 0 saturated carbocycles. The van der Waals surface area contributed by atoms with Crippen LogP contribution in [0.5, 0.6) is 0 Å². The monoisotopic (exact) mass is 428 g/mol. The van der Waals surface area contributed by atoms with E-state index in [9.17, 15) is 19.6 Å². The minimum atomic E-state index is -0.210. The van der Waals surface area contributed by atoms with Gasteiger partial charge in [-0.05, 0) is 30.2 Å². The zero-order chi connectivity index (χ0) is 21.0. The van der Waals surface area contributed by atoms with Gasteiger partial charge in [0.2, 0.25) is 17.7 Å². The molecule has 2 heterocycles. The van der Waals surface area contributed by atoms with E-state index in [0.717, 1.165) is 15.3 Å². The van der Waals surface area contributed by atoms with Gasteiger partial charge in [-0.15, -0.1) is 23.1 Å². The molecule has 3 amide bonds. The first kappa shape index (κ1) is 20.9. The number of fused-ring (bicyclic) bond motifs is 1. The van der Waals surface area contributed by atoms with E-state index in [4.69, 9.17) is 0 Å². The Hall–Kier alpha value is -2.83. The summed E-state index contributed by atoms with van der Waals surface area (Å²) in [5.74, 6) is -0.181. The van der Waals surface area contributed by atoms with Crippen LogP contribution in [0.15, 0.2) is 29.2 Å². The Morgan fingerprint density at radius 2 is 2.07 bits per heavy atom. The summed E-state index contributed by atoms with van der Waals surface area (Å²) in [6, 6.07) is 9.46. The molecule has 3 rings (SSSR count). The molecule has 29 heavy (non-hydrogen) atoms. The van der Waals surface area contributed by atoms with Crippen LogP contribution >= 0.6 is 23.1 Å². The molecular weight excluding hydrogens is 408 g/mol. The van der Waals surface area contributed by atoms with Crippen LogP contribution < -0.4 is 10.6 Å². The Morgan fingerprint density at radius 1 is 1.28 bits per heavy atom. The number of thiophene rings is 1. The third kappa shape index (κ3) is 5.16. The van der Waals surface area contributed by atoms with Crippen molar-refractivity contribution in [1.82, 2.24) is 4.90 Å². The molecule has 0 saturated heterocycles. The minimum absolute atomic E-state index is 0.00559. The lowest BCUT2D eigenvalue weighted by Gasteiger charge is -2.25. The normalized spacial score (nSPS) is 12.7. The van der Waals surface area contributed by atoms with Crippen molar-refractivity contribution in [2.24, 2.45) is 0 Å².